The van der Waals surface area contributed by atoms with Crippen LogP contribution >= 0.6 is 0 Å². The van der Waals surface area contributed by atoms with Gasteiger partial charge in [0.25, 0.3) is 0 Å². The Balaban J connectivity index is 2.13. The molecule has 1 heterocycles. The molecule has 0 aliphatic carbocycles. The van der Waals surface area contributed by atoms with Crippen LogP contribution in [0.15, 0.2) is 24.3 Å². The van der Waals surface area contributed by atoms with Gasteiger partial charge in [0.2, 0.25) is 0 Å². The first-order valence-electron chi connectivity index (χ1n) is 8.61. The van der Waals surface area contributed by atoms with Gasteiger partial charge in [-0.15, -0.1) is 0 Å². The van der Waals surface area contributed by atoms with E-state index in [0.29, 0.717) is 32.8 Å². The number of hydrogen-bond acceptors (Lipinski definition) is 4. The molecule has 1 fully saturated rings. The minimum Gasteiger partial charge on any atom is -0.450 e. The van der Waals surface area contributed by atoms with Crippen LogP contribution in [0.5, 0.6) is 0 Å². The van der Waals surface area contributed by atoms with Crippen LogP contribution in [0.3, 0.4) is 0 Å². The number of piperazine rings is 1. The summed E-state index contributed by atoms with van der Waals surface area (Å²) in [6.45, 7) is 6.02. The second kappa shape index (κ2) is 8.73. The number of halogens is 3. The van der Waals surface area contributed by atoms with E-state index < -0.39 is 11.7 Å². The van der Waals surface area contributed by atoms with E-state index in [0.717, 1.165) is 17.7 Å². The largest absolute Gasteiger partial charge is 0.450 e. The van der Waals surface area contributed by atoms with E-state index in [1.54, 1.807) is 18.9 Å². The highest BCUT2D eigenvalue weighted by atomic mass is 19.4. The van der Waals surface area contributed by atoms with Crippen molar-refractivity contribution in [1.29, 1.82) is 0 Å². The maximum atomic E-state index is 12.8. The number of alkyl halides is 3. The lowest BCUT2D eigenvalue weighted by Crippen LogP contribution is -2.55. The van der Waals surface area contributed by atoms with E-state index in [9.17, 15) is 18.0 Å². The zero-order valence-electron chi connectivity index (χ0n) is 15.3. The molecule has 0 saturated carbocycles. The molecule has 1 aliphatic heterocycles. The molecule has 0 radical (unpaired) electrons. The average Bonchev–Trinajstić information content (AvgIpc) is 2.59. The lowest BCUT2D eigenvalue weighted by molar-refractivity contribution is -0.137. The summed E-state index contributed by atoms with van der Waals surface area (Å²) in [5, 5.41) is 0. The molecule has 26 heavy (non-hydrogen) atoms. The number of rotatable bonds is 5. The summed E-state index contributed by atoms with van der Waals surface area (Å²) < 4.78 is 48.7. The second-order valence-corrected chi connectivity index (χ2v) is 6.32. The Morgan fingerprint density at radius 2 is 1.92 bits per heavy atom. The molecule has 1 aromatic carbocycles. The standard InChI is InChI=1S/C18H25F3N2O3/c1-4-26-17(24)22-9-10-23(13(2)11-22)16(12-25-3)14-5-7-15(8-6-14)18(19,20)21/h5-8,13,16H,4,9-12H2,1-3H3/t13-,16-/m0/s1. The van der Waals surface area contributed by atoms with Gasteiger partial charge in [-0.2, -0.15) is 13.2 Å². The Kier molecular flexibility index (Phi) is 6.88. The van der Waals surface area contributed by atoms with Gasteiger partial charge in [0.05, 0.1) is 24.8 Å². The average molecular weight is 374 g/mol. The summed E-state index contributed by atoms with van der Waals surface area (Å²) in [5.41, 5.74) is 0.0916. The normalized spacial score (nSPS) is 20.1. The quantitative estimate of drug-likeness (QED) is 0.790. The molecule has 2 atom stereocenters. The molecule has 2 rings (SSSR count). The van der Waals surface area contributed by atoms with Crippen molar-refractivity contribution in [3.63, 3.8) is 0 Å². The fraction of sp³-hybridized carbons (Fsp3) is 0.611. The van der Waals surface area contributed by atoms with Gasteiger partial charge in [0, 0.05) is 32.8 Å². The SMILES string of the molecule is CCOC(=O)N1CCN([C@@H](COC)c2ccc(C(F)(F)F)cc2)[C@@H](C)C1. The zero-order valence-corrected chi connectivity index (χ0v) is 15.3. The van der Waals surface area contributed by atoms with Crippen LogP contribution in [0, 0.1) is 0 Å². The third-order valence-electron chi connectivity index (χ3n) is 4.55. The summed E-state index contributed by atoms with van der Waals surface area (Å²) in [6, 6.07) is 5.03. The van der Waals surface area contributed by atoms with Crippen LogP contribution in [0.4, 0.5) is 18.0 Å². The Morgan fingerprint density at radius 1 is 1.27 bits per heavy atom. The molecule has 0 N–H and O–H groups in total. The summed E-state index contributed by atoms with van der Waals surface area (Å²) in [5.74, 6) is 0. The minimum atomic E-state index is -4.35. The van der Waals surface area contributed by atoms with E-state index in [-0.39, 0.29) is 18.2 Å². The molecular formula is C18H25F3N2O3. The van der Waals surface area contributed by atoms with E-state index in [4.69, 9.17) is 9.47 Å². The minimum absolute atomic E-state index is 0.0237. The fourth-order valence-electron chi connectivity index (χ4n) is 3.25. The van der Waals surface area contributed by atoms with Crippen molar-refractivity contribution in [3.05, 3.63) is 35.4 Å². The van der Waals surface area contributed by atoms with Crippen molar-refractivity contribution >= 4 is 6.09 Å². The highest BCUT2D eigenvalue weighted by Crippen LogP contribution is 2.32. The third kappa shape index (κ3) is 4.88. The van der Waals surface area contributed by atoms with E-state index in [1.165, 1.54) is 12.1 Å². The van der Waals surface area contributed by atoms with Crippen LogP contribution in [-0.4, -0.2) is 61.9 Å². The van der Waals surface area contributed by atoms with Gasteiger partial charge in [-0.25, -0.2) is 4.79 Å². The van der Waals surface area contributed by atoms with Crippen LogP contribution in [-0.2, 0) is 15.7 Å². The summed E-state index contributed by atoms with van der Waals surface area (Å²) in [7, 11) is 1.57. The Hall–Kier alpha value is -1.80. The number of amides is 1. The molecule has 0 spiro atoms. The predicted molar refractivity (Wildman–Crippen MR) is 90.8 cm³/mol. The zero-order chi connectivity index (χ0) is 19.3. The lowest BCUT2D eigenvalue weighted by Gasteiger charge is -2.43. The smallest absolute Gasteiger partial charge is 0.416 e. The number of carbonyl (C=O) groups is 1. The van der Waals surface area contributed by atoms with E-state index >= 15 is 0 Å². The van der Waals surface area contributed by atoms with Gasteiger partial charge in [0.1, 0.15) is 0 Å². The highest BCUT2D eigenvalue weighted by Gasteiger charge is 2.34. The molecule has 8 heteroatoms. The van der Waals surface area contributed by atoms with Gasteiger partial charge in [-0.05, 0) is 31.5 Å². The van der Waals surface area contributed by atoms with Crippen LogP contribution in [0.2, 0.25) is 0 Å². The van der Waals surface area contributed by atoms with Crippen LogP contribution < -0.4 is 0 Å². The maximum absolute atomic E-state index is 12.8. The van der Waals surface area contributed by atoms with Gasteiger partial charge in [0.15, 0.2) is 0 Å². The van der Waals surface area contributed by atoms with Crippen molar-refractivity contribution in [2.24, 2.45) is 0 Å². The number of benzene rings is 1. The van der Waals surface area contributed by atoms with Gasteiger partial charge in [-0.1, -0.05) is 12.1 Å². The first-order valence-corrected chi connectivity index (χ1v) is 8.61. The summed E-state index contributed by atoms with van der Waals surface area (Å²) >= 11 is 0. The molecular weight excluding hydrogens is 349 g/mol. The maximum Gasteiger partial charge on any atom is 0.416 e. The first kappa shape index (κ1) is 20.5. The van der Waals surface area contributed by atoms with Gasteiger partial charge < -0.3 is 14.4 Å². The van der Waals surface area contributed by atoms with E-state index in [1.807, 2.05) is 6.92 Å². The third-order valence-corrected chi connectivity index (χ3v) is 4.55. The molecule has 1 aliphatic rings. The summed E-state index contributed by atoms with van der Waals surface area (Å²) in [4.78, 5) is 15.7. The molecule has 1 saturated heterocycles. The number of carbonyl (C=O) groups excluding carboxylic acids is 1. The monoisotopic (exact) mass is 374 g/mol. The van der Waals surface area contributed by atoms with E-state index in [2.05, 4.69) is 4.90 Å². The van der Waals surface area contributed by atoms with Crippen molar-refractivity contribution in [1.82, 2.24) is 9.80 Å². The fourth-order valence-corrected chi connectivity index (χ4v) is 3.25. The molecule has 5 nitrogen and oxygen atoms in total. The number of ether oxygens (including phenoxy) is 2. The van der Waals surface area contributed by atoms with Crippen molar-refractivity contribution in [3.8, 4) is 0 Å². The predicted octanol–water partition coefficient (Wildman–Crippen LogP) is 3.56. The molecule has 0 bridgehead atoms. The van der Waals surface area contributed by atoms with Crippen LogP contribution in [0.1, 0.15) is 31.0 Å². The Bertz CT molecular complexity index is 592. The molecule has 0 unspecified atom stereocenters. The first-order chi connectivity index (χ1) is 12.3. The second-order valence-electron chi connectivity index (χ2n) is 6.32. The molecule has 0 aromatic heterocycles. The Morgan fingerprint density at radius 3 is 2.42 bits per heavy atom. The molecule has 1 amide bonds. The number of hydrogen-bond donors (Lipinski definition) is 0. The Labute approximate surface area is 151 Å². The van der Waals surface area contributed by atoms with Crippen LogP contribution in [0.25, 0.3) is 0 Å². The van der Waals surface area contributed by atoms with Crippen molar-refractivity contribution in [2.75, 3.05) is 40.0 Å². The van der Waals surface area contributed by atoms with Gasteiger partial charge >= 0.3 is 12.3 Å². The summed E-state index contributed by atoms with van der Waals surface area (Å²) in [6.07, 6.45) is -4.69. The number of nitrogens with zero attached hydrogens (tertiary/aromatic N) is 2. The van der Waals surface area contributed by atoms with Crippen molar-refractivity contribution < 1.29 is 27.4 Å². The molecule has 146 valence electrons. The number of methoxy groups -OCH3 is 1. The van der Waals surface area contributed by atoms with Crippen molar-refractivity contribution in [2.45, 2.75) is 32.1 Å². The topological polar surface area (TPSA) is 42.0 Å². The molecule has 1 aromatic rings. The van der Waals surface area contributed by atoms with Gasteiger partial charge in [-0.3, -0.25) is 4.90 Å². The highest BCUT2D eigenvalue weighted by molar-refractivity contribution is 5.67. The lowest BCUT2D eigenvalue weighted by atomic mass is 10.0.